The van der Waals surface area contributed by atoms with E-state index in [0.29, 0.717) is 39.8 Å². The fourth-order valence-corrected chi connectivity index (χ4v) is 4.48. The van der Waals surface area contributed by atoms with Crippen molar-refractivity contribution in [1.29, 1.82) is 0 Å². The number of nitrogens with one attached hydrogen (secondary N) is 1. The van der Waals surface area contributed by atoms with Crippen LogP contribution in [0.3, 0.4) is 0 Å². The Morgan fingerprint density at radius 2 is 1.76 bits per heavy atom. The number of carbonyl (C=O) groups is 2. The van der Waals surface area contributed by atoms with Gasteiger partial charge in [0.25, 0.3) is 11.5 Å². The lowest BCUT2D eigenvalue weighted by molar-refractivity contribution is -0.136. The molecule has 1 aromatic carbocycles. The summed E-state index contributed by atoms with van der Waals surface area (Å²) in [5.41, 5.74) is 1.91. The molecule has 1 amide bonds. The summed E-state index contributed by atoms with van der Waals surface area (Å²) in [6.07, 6.45) is 4.62. The fourth-order valence-electron chi connectivity index (χ4n) is 4.48. The molecule has 0 saturated carbocycles. The van der Waals surface area contributed by atoms with Crippen molar-refractivity contribution in [3.05, 3.63) is 77.0 Å². The number of benzene rings is 1. The van der Waals surface area contributed by atoms with Gasteiger partial charge in [-0.05, 0) is 29.7 Å². The summed E-state index contributed by atoms with van der Waals surface area (Å²) in [6.45, 7) is 4.42. The first kappa shape index (κ1) is 26.5. The Labute approximate surface area is 219 Å². The normalized spacial score (nSPS) is 11.1. The number of carbonyl (C=O) groups excluding carboxylic acids is 1. The van der Waals surface area contributed by atoms with Crippen LogP contribution in [-0.4, -0.2) is 43.2 Å². The molecule has 4 rings (SSSR count). The smallest absolute Gasteiger partial charge is 0.305 e. The summed E-state index contributed by atoms with van der Waals surface area (Å²) in [4.78, 5) is 46.6. The zero-order valence-electron chi connectivity index (χ0n) is 21.3. The van der Waals surface area contributed by atoms with Crippen LogP contribution in [-0.2, 0) is 11.3 Å². The van der Waals surface area contributed by atoms with E-state index in [9.17, 15) is 19.5 Å². The third kappa shape index (κ3) is 5.41. The van der Waals surface area contributed by atoms with Crippen LogP contribution in [0, 0.1) is 5.92 Å². The maximum atomic E-state index is 14.0. The maximum Gasteiger partial charge on any atom is 0.305 e. The van der Waals surface area contributed by atoms with E-state index in [1.807, 2.05) is 30.3 Å². The van der Waals surface area contributed by atoms with E-state index in [0.717, 1.165) is 12.8 Å². The van der Waals surface area contributed by atoms with Gasteiger partial charge in [0, 0.05) is 42.0 Å². The molecule has 9 nitrogen and oxygen atoms in total. The lowest BCUT2D eigenvalue weighted by Gasteiger charge is -2.21. The highest BCUT2D eigenvalue weighted by Crippen LogP contribution is 2.36. The average Bonchev–Trinajstić information content (AvgIpc) is 2.93. The second-order valence-electron chi connectivity index (χ2n) is 9.08. The Morgan fingerprint density at radius 3 is 2.39 bits per heavy atom. The molecular formula is C29H30N4O5. The van der Waals surface area contributed by atoms with Crippen molar-refractivity contribution >= 4 is 22.8 Å². The van der Waals surface area contributed by atoms with E-state index in [1.165, 1.54) is 0 Å². The number of aliphatic carboxylic acids is 1. The molecule has 0 fully saturated rings. The van der Waals surface area contributed by atoms with Gasteiger partial charge in [0.1, 0.15) is 0 Å². The predicted molar refractivity (Wildman–Crippen MR) is 145 cm³/mol. The Kier molecular flexibility index (Phi) is 8.15. The molecule has 0 radical (unpaired) electrons. The molecule has 4 aromatic rings. The van der Waals surface area contributed by atoms with Crippen molar-refractivity contribution in [2.24, 2.45) is 5.92 Å². The van der Waals surface area contributed by atoms with Crippen LogP contribution >= 0.6 is 0 Å². The van der Waals surface area contributed by atoms with Crippen LogP contribution in [0.15, 0.2) is 65.7 Å². The minimum absolute atomic E-state index is 0.126. The van der Waals surface area contributed by atoms with Crippen LogP contribution in [0.2, 0.25) is 0 Å². The molecular weight excluding hydrogens is 484 g/mol. The van der Waals surface area contributed by atoms with Crippen molar-refractivity contribution in [3.8, 4) is 28.1 Å². The topological polar surface area (TPSA) is 134 Å². The Bertz CT molecular complexity index is 1510. The van der Waals surface area contributed by atoms with Crippen molar-refractivity contribution < 1.29 is 19.8 Å². The van der Waals surface area contributed by atoms with Crippen LogP contribution in [0.4, 0.5) is 0 Å². The second kappa shape index (κ2) is 11.7. The van der Waals surface area contributed by atoms with Gasteiger partial charge in [-0.3, -0.25) is 19.4 Å². The van der Waals surface area contributed by atoms with Gasteiger partial charge in [-0.2, -0.15) is 0 Å². The van der Waals surface area contributed by atoms with Gasteiger partial charge in [0.05, 0.1) is 17.6 Å². The van der Waals surface area contributed by atoms with Gasteiger partial charge < -0.3 is 20.1 Å². The lowest BCUT2D eigenvalue weighted by Crippen LogP contribution is -2.29. The number of rotatable bonds is 10. The maximum absolute atomic E-state index is 14.0. The molecule has 0 aliphatic carbocycles. The molecule has 0 bridgehead atoms. The van der Waals surface area contributed by atoms with Gasteiger partial charge in [0.15, 0.2) is 11.4 Å². The number of carboxylic acids is 1. The van der Waals surface area contributed by atoms with E-state index in [2.05, 4.69) is 29.1 Å². The third-order valence-electron chi connectivity index (χ3n) is 6.67. The summed E-state index contributed by atoms with van der Waals surface area (Å²) in [5, 5.41) is 23.1. The number of aromatic hydroxyl groups is 1. The number of pyridine rings is 3. The molecule has 38 heavy (non-hydrogen) atoms. The van der Waals surface area contributed by atoms with Crippen LogP contribution in [0.25, 0.3) is 33.3 Å². The van der Waals surface area contributed by atoms with E-state index < -0.39 is 11.9 Å². The van der Waals surface area contributed by atoms with Crippen LogP contribution in [0.5, 0.6) is 5.75 Å². The highest BCUT2D eigenvalue weighted by molar-refractivity contribution is 6.05. The Hall–Kier alpha value is -4.53. The lowest BCUT2D eigenvalue weighted by atomic mass is 9.99. The van der Waals surface area contributed by atoms with E-state index in [4.69, 9.17) is 5.11 Å². The quantitative estimate of drug-likeness (QED) is 0.284. The first-order valence-electron chi connectivity index (χ1n) is 12.6. The highest BCUT2D eigenvalue weighted by Gasteiger charge is 2.25. The summed E-state index contributed by atoms with van der Waals surface area (Å²) in [5.74, 6) is -1.95. The molecule has 3 heterocycles. The second-order valence-corrected chi connectivity index (χ2v) is 9.08. The van der Waals surface area contributed by atoms with Crippen molar-refractivity contribution in [2.45, 2.75) is 39.7 Å². The summed E-state index contributed by atoms with van der Waals surface area (Å²) in [6, 6.07) is 14.3. The largest absolute Gasteiger partial charge is 0.505 e. The van der Waals surface area contributed by atoms with E-state index in [1.54, 1.807) is 35.2 Å². The fraction of sp³-hybridized carbons (Fsp3) is 0.276. The van der Waals surface area contributed by atoms with Gasteiger partial charge in [0.2, 0.25) is 0 Å². The Balaban J connectivity index is 2.06. The van der Waals surface area contributed by atoms with Gasteiger partial charge in [-0.1, -0.05) is 57.0 Å². The molecule has 3 N–H and O–H groups in total. The third-order valence-corrected chi connectivity index (χ3v) is 6.67. The molecule has 9 heteroatoms. The molecule has 0 atom stereocenters. The number of hydrogen-bond acceptors (Lipinski definition) is 6. The van der Waals surface area contributed by atoms with Gasteiger partial charge in [-0.15, -0.1) is 0 Å². The number of aromatic nitrogens is 3. The van der Waals surface area contributed by atoms with Crippen LogP contribution in [0.1, 0.15) is 43.6 Å². The molecule has 0 spiro atoms. The first-order chi connectivity index (χ1) is 18.3. The summed E-state index contributed by atoms with van der Waals surface area (Å²) >= 11 is 0. The number of hydrogen-bond donors (Lipinski definition) is 3. The monoisotopic (exact) mass is 514 g/mol. The van der Waals surface area contributed by atoms with E-state index >= 15 is 0 Å². The summed E-state index contributed by atoms with van der Waals surface area (Å²) in [7, 11) is 0. The minimum atomic E-state index is -1.06. The minimum Gasteiger partial charge on any atom is -0.505 e. The standard InChI is InChI=1S/C29H30N4O5/c1-3-18(4-2)17-33-26-22(15-21(29(33)38)19-9-6-5-7-10-19)27(36)25(28(37)31-14-12-23(34)35)32-24(26)20-11-8-13-30-16-20/h5-11,13,15-16,18,36H,3-4,12,14,17H2,1-2H3,(H,31,37)(H,34,35). The zero-order valence-corrected chi connectivity index (χ0v) is 21.3. The SMILES string of the molecule is CCC(CC)Cn1c(=O)c(-c2ccccc2)cc2c(O)c(C(=O)NCCC(=O)O)nc(-c3cccnc3)c21. The Morgan fingerprint density at radius 1 is 1.05 bits per heavy atom. The van der Waals surface area contributed by atoms with Gasteiger partial charge >= 0.3 is 5.97 Å². The molecule has 0 saturated heterocycles. The zero-order chi connectivity index (χ0) is 27.2. The highest BCUT2D eigenvalue weighted by atomic mass is 16.4. The first-order valence-corrected chi connectivity index (χ1v) is 12.6. The molecule has 3 aromatic heterocycles. The molecule has 0 unspecified atom stereocenters. The molecule has 0 aliphatic rings. The number of carboxylic acid groups (broad SMARTS) is 1. The predicted octanol–water partition coefficient (Wildman–Crippen LogP) is 4.47. The molecule has 196 valence electrons. The summed E-state index contributed by atoms with van der Waals surface area (Å²) < 4.78 is 1.65. The van der Waals surface area contributed by atoms with Crippen LogP contribution < -0.4 is 10.9 Å². The van der Waals surface area contributed by atoms with E-state index in [-0.39, 0.29) is 35.9 Å². The van der Waals surface area contributed by atoms with Crippen molar-refractivity contribution in [2.75, 3.05) is 6.54 Å². The van der Waals surface area contributed by atoms with Crippen molar-refractivity contribution in [1.82, 2.24) is 19.9 Å². The van der Waals surface area contributed by atoms with Gasteiger partial charge in [-0.25, -0.2) is 4.98 Å². The van der Waals surface area contributed by atoms with Crippen molar-refractivity contribution in [3.63, 3.8) is 0 Å². The molecule has 0 aliphatic heterocycles. The number of amides is 1. The average molecular weight is 515 g/mol. The number of nitrogens with zero attached hydrogens (tertiary/aromatic N) is 3. The number of fused-ring (bicyclic) bond motifs is 1.